The van der Waals surface area contributed by atoms with E-state index in [4.69, 9.17) is 61.5 Å². The molecule has 4 aromatic carbocycles. The summed E-state index contributed by atoms with van der Waals surface area (Å²) in [5, 5.41) is 0. The maximum atomic E-state index is 12.3. The lowest BCUT2D eigenvalue weighted by Gasteiger charge is -2.09. The standard InChI is InChI=1S/C18H22O4S4.C17H20O4S4/c19-25(23,17-11-5-3-6-12-17)21-15-9-1-2-10-16-22-26(20,24)18-13-7-4-8-14-18;18-24(22,16-10-4-1-5-11-16)20-14-8-3-9-15-21-25(19,23)17-12-6-2-7-13-17/h3-8,11-14H,1-2,9-10,15-16H2;1-2,4-7,10-13H,3,8-9,14-15H2. The summed E-state index contributed by atoms with van der Waals surface area (Å²) in [6, 6.07) is 35.3. The molecule has 51 heavy (non-hydrogen) atoms. The van der Waals surface area contributed by atoms with Crippen LogP contribution in [0.1, 0.15) is 44.9 Å². The highest BCUT2D eigenvalue weighted by Gasteiger charge is 2.13. The van der Waals surface area contributed by atoms with E-state index < -0.39 is 35.1 Å². The van der Waals surface area contributed by atoms with Crippen molar-refractivity contribution in [3.8, 4) is 0 Å². The molecule has 0 aliphatic carbocycles. The van der Waals surface area contributed by atoms with Crippen LogP contribution in [0.3, 0.4) is 0 Å². The predicted octanol–water partition coefficient (Wildman–Crippen LogP) is 7.65. The molecule has 0 amide bonds. The molecule has 0 spiro atoms. The van der Waals surface area contributed by atoms with Gasteiger partial charge >= 0.3 is 0 Å². The zero-order valence-electron chi connectivity index (χ0n) is 27.9. The van der Waals surface area contributed by atoms with Crippen LogP contribution in [0.2, 0.25) is 0 Å². The zero-order valence-corrected chi connectivity index (χ0v) is 34.4. The third kappa shape index (κ3) is 16.4. The van der Waals surface area contributed by atoms with Crippen molar-refractivity contribution in [1.29, 1.82) is 0 Å². The van der Waals surface area contributed by atoms with Gasteiger partial charge in [0.2, 0.25) is 0 Å². The molecule has 4 aromatic rings. The average molecular weight is 847 g/mol. The Morgan fingerprint density at radius 3 is 0.686 bits per heavy atom. The van der Waals surface area contributed by atoms with Crippen molar-refractivity contribution in [2.24, 2.45) is 0 Å². The molecule has 4 rings (SSSR count). The minimum Gasteiger partial charge on any atom is -0.286 e. The first-order chi connectivity index (χ1) is 24.3. The Kier molecular flexibility index (Phi) is 19.2. The molecule has 0 saturated heterocycles. The van der Waals surface area contributed by atoms with E-state index in [9.17, 15) is 16.8 Å². The van der Waals surface area contributed by atoms with Crippen molar-refractivity contribution in [2.45, 2.75) is 64.5 Å². The van der Waals surface area contributed by atoms with E-state index in [0.717, 1.165) is 32.1 Å². The van der Waals surface area contributed by atoms with Crippen LogP contribution in [0.5, 0.6) is 0 Å². The Morgan fingerprint density at radius 2 is 0.490 bits per heavy atom. The number of hydrogen-bond donors (Lipinski definition) is 0. The second-order valence-corrected chi connectivity index (χ2v) is 22.6. The number of benzene rings is 4. The average Bonchev–Trinajstić information content (AvgIpc) is 3.14. The Labute approximate surface area is 323 Å². The molecule has 0 heterocycles. The molecule has 8 nitrogen and oxygen atoms in total. The first kappa shape index (κ1) is 43.6. The van der Waals surface area contributed by atoms with Gasteiger partial charge in [-0.3, -0.25) is 16.7 Å². The SMILES string of the molecule is O=S(=S)(OCCCCCCOS(=O)(=S)c1ccccc1)c1ccccc1.O=S(=S)(OCCCCCOS(=O)(=S)c1ccccc1)c1ccccc1. The van der Waals surface area contributed by atoms with E-state index in [1.807, 2.05) is 24.3 Å². The number of hydrogen-bond acceptors (Lipinski definition) is 12. The second kappa shape index (κ2) is 22.4. The summed E-state index contributed by atoms with van der Waals surface area (Å²) >= 11 is 20.2. The number of rotatable bonds is 21. The highest BCUT2D eigenvalue weighted by molar-refractivity contribution is 8.31. The van der Waals surface area contributed by atoms with Crippen molar-refractivity contribution in [3.63, 3.8) is 0 Å². The van der Waals surface area contributed by atoms with Gasteiger partial charge < -0.3 is 0 Å². The Morgan fingerprint density at radius 1 is 0.314 bits per heavy atom. The van der Waals surface area contributed by atoms with Crippen LogP contribution in [0.4, 0.5) is 0 Å². The fourth-order valence-corrected chi connectivity index (χ4v) is 10.2. The van der Waals surface area contributed by atoms with Crippen LogP contribution < -0.4 is 0 Å². The summed E-state index contributed by atoms with van der Waals surface area (Å²) in [7, 11) is -11.4. The van der Waals surface area contributed by atoms with E-state index in [2.05, 4.69) is 0 Å². The highest BCUT2D eigenvalue weighted by atomic mass is 32.9. The summed E-state index contributed by atoms with van der Waals surface area (Å²) in [6.07, 6.45) is 5.42. The second-order valence-electron chi connectivity index (χ2n) is 10.8. The lowest BCUT2D eigenvalue weighted by molar-refractivity contribution is 0.304. The molecule has 0 bridgehead atoms. The Hall–Kier alpha value is -1.80. The van der Waals surface area contributed by atoms with Crippen LogP contribution in [0, 0.1) is 0 Å². The molecule has 0 fully saturated rings. The lowest BCUT2D eigenvalue weighted by Crippen LogP contribution is -2.08. The molecule has 16 heteroatoms. The Balaban J connectivity index is 0.000000276. The maximum absolute atomic E-state index is 12.3. The molecule has 4 unspecified atom stereocenters. The fraction of sp³-hybridized carbons (Fsp3) is 0.314. The van der Waals surface area contributed by atoms with Gasteiger partial charge in [0.1, 0.15) is 0 Å². The van der Waals surface area contributed by atoms with Crippen molar-refractivity contribution in [1.82, 2.24) is 0 Å². The molecule has 0 N–H and O–H groups in total. The van der Waals surface area contributed by atoms with Gasteiger partial charge in [0.25, 0.3) is 0 Å². The molecular formula is C35H42O8S8. The lowest BCUT2D eigenvalue weighted by atomic mass is 10.2. The summed E-state index contributed by atoms with van der Waals surface area (Å²) in [5.74, 6) is 0. The van der Waals surface area contributed by atoms with E-state index >= 15 is 0 Å². The van der Waals surface area contributed by atoms with Crippen molar-refractivity contribution in [3.05, 3.63) is 121 Å². The molecule has 0 saturated carbocycles. The van der Waals surface area contributed by atoms with Crippen molar-refractivity contribution >= 4 is 79.8 Å². The van der Waals surface area contributed by atoms with Crippen LogP contribution in [-0.2, 0) is 96.6 Å². The Bertz CT molecular complexity index is 1860. The van der Waals surface area contributed by atoms with Crippen LogP contribution in [-0.4, -0.2) is 43.3 Å². The van der Waals surface area contributed by atoms with Gasteiger partial charge in [0.05, 0.1) is 46.0 Å². The smallest absolute Gasteiger partial charge is 0.173 e. The van der Waals surface area contributed by atoms with E-state index in [-0.39, 0.29) is 0 Å². The third-order valence-corrected chi connectivity index (χ3v) is 15.7. The summed E-state index contributed by atoms with van der Waals surface area (Å²) in [6.45, 7) is 1.30. The van der Waals surface area contributed by atoms with Crippen LogP contribution >= 0.6 is 0 Å². The molecule has 0 radical (unpaired) electrons. The predicted molar refractivity (Wildman–Crippen MR) is 217 cm³/mol. The molecule has 278 valence electrons. The van der Waals surface area contributed by atoms with Crippen molar-refractivity contribution < 1.29 is 33.6 Å². The first-order valence-electron chi connectivity index (χ1n) is 16.1. The van der Waals surface area contributed by atoms with Gasteiger partial charge in [-0.05, 0) is 80.6 Å². The van der Waals surface area contributed by atoms with Crippen LogP contribution in [0.25, 0.3) is 0 Å². The van der Waals surface area contributed by atoms with Crippen LogP contribution in [0.15, 0.2) is 141 Å². The monoisotopic (exact) mass is 846 g/mol. The molecule has 0 aliphatic rings. The van der Waals surface area contributed by atoms with Gasteiger partial charge in [-0.1, -0.05) is 85.6 Å². The molecular weight excluding hydrogens is 805 g/mol. The largest absolute Gasteiger partial charge is 0.286 e. The minimum atomic E-state index is -2.87. The van der Waals surface area contributed by atoms with E-state index in [1.54, 1.807) is 97.1 Å². The zero-order chi connectivity index (χ0) is 37.1. The van der Waals surface area contributed by atoms with Gasteiger partial charge in [0.15, 0.2) is 35.1 Å². The minimum absolute atomic E-state index is 0.305. The number of unbranched alkanes of at least 4 members (excludes halogenated alkanes) is 5. The van der Waals surface area contributed by atoms with Gasteiger partial charge in [-0.2, -0.15) is 0 Å². The van der Waals surface area contributed by atoms with Crippen molar-refractivity contribution in [2.75, 3.05) is 26.4 Å². The molecule has 0 aliphatic heterocycles. The topological polar surface area (TPSA) is 105 Å². The van der Waals surface area contributed by atoms with E-state index in [0.29, 0.717) is 58.9 Å². The molecule has 0 aromatic heterocycles. The molecule has 4 atom stereocenters. The summed E-state index contributed by atoms with van der Waals surface area (Å²) in [4.78, 5) is 2.10. The summed E-state index contributed by atoms with van der Waals surface area (Å²) < 4.78 is 70.6. The first-order valence-corrected chi connectivity index (χ1v) is 25.7. The summed E-state index contributed by atoms with van der Waals surface area (Å²) in [5.41, 5.74) is 0. The maximum Gasteiger partial charge on any atom is 0.173 e. The van der Waals surface area contributed by atoms with Gasteiger partial charge in [-0.25, -0.2) is 16.8 Å². The fourth-order valence-electron chi connectivity index (χ4n) is 4.23. The highest BCUT2D eigenvalue weighted by Crippen LogP contribution is 2.17. The van der Waals surface area contributed by atoms with Gasteiger partial charge in [-0.15, -0.1) is 0 Å². The normalized spacial score (nSPS) is 15.9. The van der Waals surface area contributed by atoms with E-state index in [1.165, 1.54) is 0 Å². The third-order valence-electron chi connectivity index (χ3n) is 6.91. The quantitative estimate of drug-likeness (QED) is 0.0770. The van der Waals surface area contributed by atoms with Gasteiger partial charge in [0, 0.05) is 44.8 Å².